The second kappa shape index (κ2) is 17.3. The molecule has 2 saturated heterocycles. The molecule has 0 aliphatic carbocycles. The topological polar surface area (TPSA) is 190 Å². The second-order valence-corrected chi connectivity index (χ2v) is 15.2. The van der Waals surface area contributed by atoms with E-state index in [4.69, 9.17) is 4.74 Å². The van der Waals surface area contributed by atoms with E-state index >= 15 is 0 Å². The first-order valence-electron chi connectivity index (χ1n) is 19.6. The van der Waals surface area contributed by atoms with E-state index < -0.39 is 24.3 Å². The highest BCUT2D eigenvalue weighted by molar-refractivity contribution is 5.87. The fourth-order valence-corrected chi connectivity index (χ4v) is 7.95. The Bertz CT molecular complexity index is 2220. The van der Waals surface area contributed by atoms with Crippen LogP contribution in [0.1, 0.15) is 68.8 Å². The normalized spacial score (nSPS) is 17.6. The number of aromatic amines is 2. The Morgan fingerprint density at radius 1 is 0.793 bits per heavy atom. The molecule has 58 heavy (non-hydrogen) atoms. The third kappa shape index (κ3) is 8.43. The molecule has 0 saturated carbocycles. The Labute approximate surface area is 336 Å². The van der Waals surface area contributed by atoms with Gasteiger partial charge >= 0.3 is 12.2 Å². The fraction of sp³-hybridized carbons (Fsp3) is 0.372. The largest absolute Gasteiger partial charge is 0.465 e. The van der Waals surface area contributed by atoms with Gasteiger partial charge < -0.3 is 34.9 Å². The van der Waals surface area contributed by atoms with Crippen molar-refractivity contribution in [1.82, 2.24) is 44.9 Å². The molecule has 2 fully saturated rings. The van der Waals surface area contributed by atoms with Gasteiger partial charge in [0.2, 0.25) is 11.8 Å². The van der Waals surface area contributed by atoms with Crippen LogP contribution in [0.4, 0.5) is 9.59 Å². The average Bonchev–Trinajstić information content (AvgIpc) is 4.09. The third-order valence-electron chi connectivity index (χ3n) is 11.2. The molecular weight excluding hydrogens is 739 g/mol. The number of likely N-dealkylation sites (N-methyl/N-ethyl adjacent to an activating group) is 1. The number of methoxy groups -OCH3 is 1. The van der Waals surface area contributed by atoms with Gasteiger partial charge in [0.05, 0.1) is 43.0 Å². The quantitative estimate of drug-likeness (QED) is 0.110. The predicted molar refractivity (Wildman–Crippen MR) is 216 cm³/mol. The van der Waals surface area contributed by atoms with Crippen LogP contribution in [0.2, 0.25) is 0 Å². The van der Waals surface area contributed by atoms with Crippen molar-refractivity contribution in [2.24, 2.45) is 5.92 Å². The number of aromatic nitrogens is 5. The Morgan fingerprint density at radius 2 is 1.28 bits per heavy atom. The summed E-state index contributed by atoms with van der Waals surface area (Å²) in [7, 11) is 2.72. The Hall–Kier alpha value is -6.51. The van der Waals surface area contributed by atoms with Crippen molar-refractivity contribution in [3.05, 3.63) is 103 Å². The molecule has 4 atom stereocenters. The van der Waals surface area contributed by atoms with Crippen molar-refractivity contribution in [3.63, 3.8) is 0 Å². The summed E-state index contributed by atoms with van der Waals surface area (Å²) in [6.07, 6.45) is 8.42. The highest BCUT2D eigenvalue weighted by atomic mass is 16.5. The van der Waals surface area contributed by atoms with E-state index in [-0.39, 0.29) is 36.2 Å². The second-order valence-electron chi connectivity index (χ2n) is 15.2. The summed E-state index contributed by atoms with van der Waals surface area (Å²) in [6.45, 7) is 4.90. The van der Waals surface area contributed by atoms with Gasteiger partial charge in [0, 0.05) is 39.0 Å². The van der Waals surface area contributed by atoms with Gasteiger partial charge in [-0.3, -0.25) is 19.5 Å². The Kier molecular flexibility index (Phi) is 11.9. The number of carboxylic acid groups (broad SMARTS) is 1. The number of carbonyl (C=O) groups is 4. The number of carbonyl (C=O) groups excluding carboxylic acids is 3. The number of ether oxygens (including phenoxy) is 1. The van der Waals surface area contributed by atoms with E-state index in [2.05, 4.69) is 54.5 Å². The number of alkyl carbamates (subject to hydrolysis) is 1. The zero-order valence-corrected chi connectivity index (χ0v) is 33.1. The number of H-pyrrole nitrogens is 2. The molecule has 0 bridgehead atoms. The molecule has 2 aliphatic heterocycles. The molecule has 5 heterocycles. The molecule has 0 radical (unpaired) electrons. The maximum atomic E-state index is 13.9. The van der Waals surface area contributed by atoms with Crippen LogP contribution >= 0.6 is 0 Å². The summed E-state index contributed by atoms with van der Waals surface area (Å²) in [6, 6.07) is 17.9. The van der Waals surface area contributed by atoms with Crippen LogP contribution in [0.3, 0.4) is 0 Å². The molecule has 0 unspecified atom stereocenters. The molecule has 302 valence electrons. The van der Waals surface area contributed by atoms with Gasteiger partial charge in [0.1, 0.15) is 23.7 Å². The lowest BCUT2D eigenvalue weighted by atomic mass is 10.0. The van der Waals surface area contributed by atoms with Gasteiger partial charge in [-0.05, 0) is 71.6 Å². The number of likely N-dealkylation sites (tertiary alicyclic amines) is 2. The number of amides is 4. The number of hydrogen-bond donors (Lipinski definition) is 4. The SMILES string of the molecule is COC(=O)N[C@H](C(=O)N1CCC[C@H]1c1ncc(-c2ccc(-c3ccc(-c4cnc([C@@H]5CCCN5C(=O)[C@H](Cc5ccncc5)N(C)C(=O)O)[nH]4)cc3)cc2)[nH]1)C(C)C. The lowest BCUT2D eigenvalue weighted by Gasteiger charge is -2.31. The molecule has 2 aromatic carbocycles. The number of hydrogen-bond acceptors (Lipinski definition) is 8. The number of imidazole rings is 2. The summed E-state index contributed by atoms with van der Waals surface area (Å²) < 4.78 is 4.75. The van der Waals surface area contributed by atoms with Crippen LogP contribution in [-0.2, 0) is 20.7 Å². The van der Waals surface area contributed by atoms with Crippen molar-refractivity contribution < 1.29 is 29.0 Å². The molecule has 7 rings (SSSR count). The van der Waals surface area contributed by atoms with E-state index in [0.717, 1.165) is 69.8 Å². The first-order chi connectivity index (χ1) is 28.0. The lowest BCUT2D eigenvalue weighted by molar-refractivity contribution is -0.137. The Morgan fingerprint density at radius 3 is 1.74 bits per heavy atom. The summed E-state index contributed by atoms with van der Waals surface area (Å²) in [4.78, 5) is 76.3. The third-order valence-corrected chi connectivity index (χ3v) is 11.2. The number of pyridine rings is 1. The van der Waals surface area contributed by atoms with Crippen LogP contribution in [-0.4, -0.2) is 108 Å². The summed E-state index contributed by atoms with van der Waals surface area (Å²) in [5.41, 5.74) is 6.49. The van der Waals surface area contributed by atoms with Gasteiger partial charge in [0.25, 0.3) is 0 Å². The molecular formula is C43H49N9O6. The molecule has 3 aromatic heterocycles. The van der Waals surface area contributed by atoms with Crippen molar-refractivity contribution in [2.75, 3.05) is 27.2 Å². The maximum absolute atomic E-state index is 13.9. The van der Waals surface area contributed by atoms with Crippen molar-refractivity contribution >= 4 is 24.0 Å². The number of nitrogens with zero attached hydrogens (tertiary/aromatic N) is 6. The molecule has 0 spiro atoms. The van der Waals surface area contributed by atoms with Gasteiger partial charge in [-0.1, -0.05) is 62.4 Å². The van der Waals surface area contributed by atoms with Crippen molar-refractivity contribution in [3.8, 4) is 33.6 Å². The molecule has 4 amide bonds. The standard InChI is InChI=1S/C43H49N9O6/c1-26(2)37(49-42(55)58-4)41(54)52-22-6-8-35(52)39-46-25-33(48-39)31-15-11-29(12-16-31)28-9-13-30(14-10-28)32-24-45-38(47-32)34-7-5-21-51(34)40(53)36(50(3)43(56)57)23-27-17-19-44-20-18-27/h9-20,24-26,34-37H,5-8,21-23H2,1-4H3,(H,45,47)(H,46,48)(H,49,55)(H,56,57)/t34-,35-,36-,37-/m0/s1. The molecule has 15 nitrogen and oxygen atoms in total. The van der Waals surface area contributed by atoms with Crippen LogP contribution in [0.5, 0.6) is 0 Å². The smallest absolute Gasteiger partial charge is 0.407 e. The van der Waals surface area contributed by atoms with Gasteiger partial charge in [-0.25, -0.2) is 19.6 Å². The van der Waals surface area contributed by atoms with Crippen LogP contribution in [0.25, 0.3) is 33.6 Å². The number of nitrogens with one attached hydrogen (secondary N) is 3. The van der Waals surface area contributed by atoms with Crippen molar-refractivity contribution in [2.45, 2.75) is 70.1 Å². The average molecular weight is 788 g/mol. The number of benzene rings is 2. The summed E-state index contributed by atoms with van der Waals surface area (Å²) in [5.74, 6) is 0.881. The lowest BCUT2D eigenvalue weighted by Crippen LogP contribution is -2.51. The maximum Gasteiger partial charge on any atom is 0.407 e. The highest BCUT2D eigenvalue weighted by Gasteiger charge is 2.39. The summed E-state index contributed by atoms with van der Waals surface area (Å²) >= 11 is 0. The first-order valence-corrected chi connectivity index (χ1v) is 19.6. The van der Waals surface area contributed by atoms with Crippen LogP contribution in [0, 0.1) is 5.92 Å². The minimum absolute atomic E-state index is 0.112. The van der Waals surface area contributed by atoms with Crippen LogP contribution in [0.15, 0.2) is 85.5 Å². The Balaban J connectivity index is 1.01. The van der Waals surface area contributed by atoms with E-state index in [0.29, 0.717) is 24.7 Å². The van der Waals surface area contributed by atoms with E-state index in [9.17, 15) is 24.3 Å². The zero-order valence-electron chi connectivity index (χ0n) is 33.1. The minimum Gasteiger partial charge on any atom is -0.465 e. The minimum atomic E-state index is -1.16. The van der Waals surface area contributed by atoms with E-state index in [1.54, 1.807) is 46.7 Å². The highest BCUT2D eigenvalue weighted by Crippen LogP contribution is 2.35. The molecule has 2 aliphatic rings. The molecule has 15 heteroatoms. The van der Waals surface area contributed by atoms with E-state index in [1.807, 2.05) is 38.1 Å². The van der Waals surface area contributed by atoms with Crippen molar-refractivity contribution in [1.29, 1.82) is 0 Å². The zero-order chi connectivity index (χ0) is 40.9. The molecule has 4 N–H and O–H groups in total. The predicted octanol–water partition coefficient (Wildman–Crippen LogP) is 6.46. The first kappa shape index (κ1) is 39.7. The van der Waals surface area contributed by atoms with Crippen LogP contribution < -0.4 is 5.32 Å². The number of rotatable bonds is 12. The van der Waals surface area contributed by atoms with Gasteiger partial charge in [-0.2, -0.15) is 0 Å². The molecule has 5 aromatic rings. The summed E-state index contributed by atoms with van der Waals surface area (Å²) in [5, 5.41) is 12.5. The van der Waals surface area contributed by atoms with Gasteiger partial charge in [0.15, 0.2) is 0 Å². The van der Waals surface area contributed by atoms with E-state index in [1.165, 1.54) is 14.2 Å². The van der Waals surface area contributed by atoms with Gasteiger partial charge in [-0.15, -0.1) is 0 Å². The monoisotopic (exact) mass is 787 g/mol. The fourth-order valence-electron chi connectivity index (χ4n) is 7.95.